The lowest BCUT2D eigenvalue weighted by molar-refractivity contribution is -0.119. The minimum Gasteiger partial charge on any atom is -0.378 e. The van der Waals surface area contributed by atoms with Gasteiger partial charge in [0, 0.05) is 30.3 Å². The first-order valence-electron chi connectivity index (χ1n) is 10.7. The van der Waals surface area contributed by atoms with Crippen molar-refractivity contribution in [1.82, 2.24) is 25.5 Å². The number of nitrogens with one attached hydrogen (secondary N) is 2. The predicted octanol–water partition coefficient (Wildman–Crippen LogP) is 1.92. The lowest BCUT2D eigenvalue weighted by atomic mass is 10.1. The smallest absolute Gasteiger partial charge is 0.291 e. The molecule has 2 aromatic heterocycles. The molecule has 180 valence electrons. The number of benzene rings is 1. The van der Waals surface area contributed by atoms with Crippen molar-refractivity contribution < 1.29 is 19.1 Å². The Hall–Kier alpha value is -3.75. The third kappa shape index (κ3) is 5.85. The van der Waals surface area contributed by atoms with Crippen LogP contribution >= 0.6 is 11.8 Å². The van der Waals surface area contributed by atoms with Crippen molar-refractivity contribution in [3.8, 4) is 11.8 Å². The Labute approximate surface area is 205 Å². The van der Waals surface area contributed by atoms with E-state index in [4.69, 9.17) is 0 Å². The third-order valence-corrected chi connectivity index (χ3v) is 6.22. The fraction of sp³-hybridized carbons (Fsp3) is 0.292. The number of anilines is 1. The second kappa shape index (κ2) is 9.85. The van der Waals surface area contributed by atoms with Crippen LogP contribution in [-0.4, -0.2) is 61.5 Å². The van der Waals surface area contributed by atoms with Crippen molar-refractivity contribution in [3.05, 3.63) is 65.3 Å². The summed E-state index contributed by atoms with van der Waals surface area (Å²) in [6.45, 7) is 3.14. The van der Waals surface area contributed by atoms with Crippen LogP contribution in [0.5, 0.6) is 0 Å². The van der Waals surface area contributed by atoms with Gasteiger partial charge in [-0.2, -0.15) is 0 Å². The van der Waals surface area contributed by atoms with Crippen LogP contribution in [0.4, 0.5) is 10.1 Å². The molecular formula is C24H23FN6O3S. The minimum absolute atomic E-state index is 0.135. The van der Waals surface area contributed by atoms with Gasteiger partial charge in [-0.25, -0.2) is 14.4 Å². The molecule has 35 heavy (non-hydrogen) atoms. The van der Waals surface area contributed by atoms with E-state index in [2.05, 4.69) is 37.3 Å². The molecule has 0 fully saturated rings. The maximum absolute atomic E-state index is 13.9. The summed E-state index contributed by atoms with van der Waals surface area (Å²) >= 11 is 1.38. The number of hydrogen-bond donors (Lipinski definition) is 3. The summed E-state index contributed by atoms with van der Waals surface area (Å²) in [5, 5.41) is 19.1. The van der Waals surface area contributed by atoms with Gasteiger partial charge in [-0.3, -0.25) is 14.7 Å². The highest BCUT2D eigenvalue weighted by Gasteiger charge is 2.31. The zero-order valence-electron chi connectivity index (χ0n) is 19.3. The van der Waals surface area contributed by atoms with E-state index < -0.39 is 17.6 Å². The average Bonchev–Trinajstić information content (AvgIpc) is 3.25. The zero-order valence-corrected chi connectivity index (χ0v) is 20.1. The van der Waals surface area contributed by atoms with E-state index in [0.29, 0.717) is 22.8 Å². The van der Waals surface area contributed by atoms with Crippen LogP contribution < -0.4 is 10.2 Å². The zero-order chi connectivity index (χ0) is 25.2. The molecule has 0 aliphatic carbocycles. The van der Waals surface area contributed by atoms with Gasteiger partial charge < -0.3 is 15.3 Å². The molecule has 11 heteroatoms. The summed E-state index contributed by atoms with van der Waals surface area (Å²) in [7, 11) is 1.61. The highest BCUT2D eigenvalue weighted by Crippen LogP contribution is 2.33. The molecule has 0 spiro atoms. The maximum atomic E-state index is 13.9. The molecular weight excluding hydrogens is 471 g/mol. The predicted molar refractivity (Wildman–Crippen MR) is 128 cm³/mol. The van der Waals surface area contributed by atoms with Crippen molar-refractivity contribution >= 4 is 29.3 Å². The molecule has 1 aliphatic rings. The normalized spacial score (nSPS) is 15.6. The standard InChI is InChI=1S/C24H23FN6O3S/c1-24(2,34)9-8-15-11-18-19(12-26-15)35-13-17(23(33)31(18)3)27-22(32)21-28-20(29-30-21)10-14-6-4-5-7-16(14)25/h4-7,11-12,17,34H,10,13H2,1-3H3,(H,27,32)(H,28,29,30)/t17-/m0/s1. The molecule has 4 rings (SSSR count). The number of aromatic nitrogens is 4. The first-order chi connectivity index (χ1) is 16.6. The Kier molecular flexibility index (Phi) is 6.86. The number of rotatable bonds is 4. The Bertz CT molecular complexity index is 1340. The van der Waals surface area contributed by atoms with E-state index >= 15 is 0 Å². The molecule has 1 aromatic carbocycles. The van der Waals surface area contributed by atoms with E-state index in [1.165, 1.54) is 22.7 Å². The van der Waals surface area contributed by atoms with Crippen molar-refractivity contribution in [2.24, 2.45) is 0 Å². The molecule has 3 N–H and O–H groups in total. The molecule has 0 bridgehead atoms. The second-order valence-corrected chi connectivity index (χ2v) is 9.52. The van der Waals surface area contributed by atoms with Gasteiger partial charge in [0.2, 0.25) is 11.7 Å². The number of H-pyrrole nitrogens is 1. The fourth-order valence-corrected chi connectivity index (χ4v) is 4.36. The lowest BCUT2D eigenvalue weighted by Gasteiger charge is -2.21. The van der Waals surface area contributed by atoms with Gasteiger partial charge in [-0.1, -0.05) is 24.1 Å². The summed E-state index contributed by atoms with van der Waals surface area (Å²) in [4.78, 5) is 36.5. The Morgan fingerprint density at radius 2 is 2.17 bits per heavy atom. The lowest BCUT2D eigenvalue weighted by Crippen LogP contribution is -2.48. The molecule has 1 aliphatic heterocycles. The number of aromatic amines is 1. The SMILES string of the molecule is CN1C(=O)[C@@H](NC(=O)c2n[nH]c(Cc3ccccc3F)n2)CSc2cnc(C#CC(C)(C)O)cc21. The first-order valence-corrected chi connectivity index (χ1v) is 11.7. The molecule has 3 aromatic rings. The highest BCUT2D eigenvalue weighted by atomic mass is 32.2. The molecule has 9 nitrogen and oxygen atoms in total. The summed E-state index contributed by atoms with van der Waals surface area (Å²) in [6.07, 6.45) is 1.77. The van der Waals surface area contributed by atoms with Crippen LogP contribution in [0.15, 0.2) is 41.4 Å². The van der Waals surface area contributed by atoms with Gasteiger partial charge >= 0.3 is 0 Å². The third-order valence-electron chi connectivity index (χ3n) is 5.09. The van der Waals surface area contributed by atoms with Gasteiger partial charge in [-0.15, -0.1) is 16.9 Å². The van der Waals surface area contributed by atoms with Gasteiger partial charge in [0.1, 0.15) is 29.0 Å². The highest BCUT2D eigenvalue weighted by molar-refractivity contribution is 7.99. The van der Waals surface area contributed by atoms with Crippen LogP contribution in [0.25, 0.3) is 0 Å². The number of likely N-dealkylation sites (N-methyl/N-ethyl adjacent to an activating group) is 1. The molecule has 3 heterocycles. The van der Waals surface area contributed by atoms with Crippen LogP contribution in [-0.2, 0) is 11.2 Å². The number of amides is 2. The largest absolute Gasteiger partial charge is 0.378 e. The monoisotopic (exact) mass is 494 g/mol. The van der Waals surface area contributed by atoms with E-state index in [9.17, 15) is 19.1 Å². The van der Waals surface area contributed by atoms with Gasteiger partial charge in [0.25, 0.3) is 5.91 Å². The topological polar surface area (TPSA) is 124 Å². The Balaban J connectivity index is 1.46. The number of halogens is 1. The Morgan fingerprint density at radius 1 is 1.40 bits per heavy atom. The number of nitrogens with zero attached hydrogens (tertiary/aromatic N) is 4. The number of thioether (sulfide) groups is 1. The summed E-state index contributed by atoms with van der Waals surface area (Å²) in [6, 6.07) is 7.13. The number of carbonyl (C=O) groups excluding carboxylic acids is 2. The fourth-order valence-electron chi connectivity index (χ4n) is 3.31. The van der Waals surface area contributed by atoms with E-state index in [1.807, 2.05) is 0 Å². The molecule has 2 amide bonds. The van der Waals surface area contributed by atoms with Crippen LogP contribution in [0.2, 0.25) is 0 Å². The first kappa shape index (κ1) is 24.4. The molecule has 0 saturated carbocycles. The second-order valence-electron chi connectivity index (χ2n) is 8.45. The van der Waals surface area contributed by atoms with Crippen LogP contribution in [0, 0.1) is 17.7 Å². The summed E-state index contributed by atoms with van der Waals surface area (Å²) in [5.41, 5.74) is 0.273. The van der Waals surface area contributed by atoms with Crippen molar-refractivity contribution in [3.63, 3.8) is 0 Å². The molecule has 0 unspecified atom stereocenters. The molecule has 1 atom stereocenters. The number of aliphatic hydroxyl groups is 1. The van der Waals surface area contributed by atoms with E-state index in [-0.39, 0.29) is 29.7 Å². The average molecular weight is 495 g/mol. The van der Waals surface area contributed by atoms with Gasteiger partial charge in [0.05, 0.1) is 5.69 Å². The number of pyridine rings is 1. The maximum Gasteiger partial charge on any atom is 0.291 e. The van der Waals surface area contributed by atoms with Crippen LogP contribution in [0.1, 0.15) is 41.5 Å². The summed E-state index contributed by atoms with van der Waals surface area (Å²) in [5.74, 6) is 4.67. The van der Waals surface area contributed by atoms with Crippen molar-refractivity contribution in [2.75, 3.05) is 17.7 Å². The Morgan fingerprint density at radius 3 is 2.91 bits per heavy atom. The number of carbonyl (C=O) groups is 2. The van der Waals surface area contributed by atoms with Crippen LogP contribution in [0.3, 0.4) is 0 Å². The number of fused-ring (bicyclic) bond motifs is 1. The van der Waals surface area contributed by atoms with Gasteiger partial charge in [-0.05, 0) is 37.5 Å². The number of hydrogen-bond acceptors (Lipinski definition) is 7. The molecule has 0 saturated heterocycles. The van der Waals surface area contributed by atoms with E-state index in [0.717, 1.165) is 4.90 Å². The van der Waals surface area contributed by atoms with Gasteiger partial charge in [0.15, 0.2) is 0 Å². The van der Waals surface area contributed by atoms with Crippen molar-refractivity contribution in [2.45, 2.75) is 36.8 Å². The quantitative estimate of drug-likeness (QED) is 0.474. The van der Waals surface area contributed by atoms with E-state index in [1.54, 1.807) is 51.4 Å². The molecule has 0 radical (unpaired) electrons. The summed E-state index contributed by atoms with van der Waals surface area (Å²) < 4.78 is 13.9. The van der Waals surface area contributed by atoms with Crippen molar-refractivity contribution in [1.29, 1.82) is 0 Å². The minimum atomic E-state index is -1.17.